The molecule has 2 aliphatic heterocycles. The van der Waals surface area contributed by atoms with Crippen LogP contribution >= 0.6 is 11.6 Å². The van der Waals surface area contributed by atoms with Crippen LogP contribution in [0.2, 0.25) is 5.02 Å². The van der Waals surface area contributed by atoms with E-state index in [1.807, 2.05) is 0 Å². The van der Waals surface area contributed by atoms with Crippen LogP contribution in [0, 0.1) is 5.41 Å². The SMILES string of the molecule is CC1(CN)CCN(C(=O)c2cc(N3CCNC3=O)ccc2Cl)C1. The van der Waals surface area contributed by atoms with Crippen LogP contribution in [0.15, 0.2) is 18.2 Å². The summed E-state index contributed by atoms with van der Waals surface area (Å²) in [4.78, 5) is 28.0. The molecule has 1 unspecified atom stereocenters. The van der Waals surface area contributed by atoms with Gasteiger partial charge in [-0.3, -0.25) is 9.69 Å². The lowest BCUT2D eigenvalue weighted by atomic mass is 9.90. The Morgan fingerprint density at radius 1 is 1.43 bits per heavy atom. The number of carbonyl (C=O) groups is 2. The minimum atomic E-state index is -0.150. The summed E-state index contributed by atoms with van der Waals surface area (Å²) in [6.45, 7) is 5.14. The monoisotopic (exact) mass is 336 g/mol. The van der Waals surface area contributed by atoms with Crippen LogP contribution in [0.25, 0.3) is 0 Å². The molecule has 0 aromatic heterocycles. The summed E-state index contributed by atoms with van der Waals surface area (Å²) >= 11 is 6.23. The number of nitrogens with zero attached hydrogens (tertiary/aromatic N) is 2. The molecule has 0 aliphatic carbocycles. The largest absolute Gasteiger partial charge is 0.338 e. The van der Waals surface area contributed by atoms with Crippen LogP contribution in [0.3, 0.4) is 0 Å². The molecule has 0 radical (unpaired) electrons. The van der Waals surface area contributed by atoms with Crippen molar-refractivity contribution in [1.29, 1.82) is 0 Å². The fourth-order valence-corrected chi connectivity index (χ4v) is 3.30. The van der Waals surface area contributed by atoms with E-state index in [1.54, 1.807) is 28.0 Å². The van der Waals surface area contributed by atoms with Crippen LogP contribution in [-0.4, -0.2) is 49.6 Å². The molecule has 2 heterocycles. The Kier molecular flexibility index (Phi) is 4.21. The van der Waals surface area contributed by atoms with Crippen molar-refractivity contribution in [1.82, 2.24) is 10.2 Å². The van der Waals surface area contributed by atoms with E-state index < -0.39 is 0 Å². The summed E-state index contributed by atoms with van der Waals surface area (Å²) in [5.74, 6) is -0.103. The van der Waals surface area contributed by atoms with E-state index >= 15 is 0 Å². The first-order valence-corrected chi connectivity index (χ1v) is 8.16. The van der Waals surface area contributed by atoms with Crippen LogP contribution in [0.1, 0.15) is 23.7 Å². The molecule has 1 aromatic rings. The molecule has 124 valence electrons. The molecule has 2 saturated heterocycles. The average Bonchev–Trinajstić information content (AvgIpc) is 3.14. The van der Waals surface area contributed by atoms with Crippen molar-refractivity contribution in [2.45, 2.75) is 13.3 Å². The Morgan fingerprint density at radius 3 is 2.83 bits per heavy atom. The van der Waals surface area contributed by atoms with Gasteiger partial charge in [-0.1, -0.05) is 18.5 Å². The lowest BCUT2D eigenvalue weighted by Gasteiger charge is -2.23. The van der Waals surface area contributed by atoms with Crippen molar-refractivity contribution in [3.8, 4) is 0 Å². The number of nitrogens with two attached hydrogens (primary N) is 1. The van der Waals surface area contributed by atoms with Crippen molar-refractivity contribution >= 4 is 29.2 Å². The van der Waals surface area contributed by atoms with E-state index in [2.05, 4.69) is 12.2 Å². The lowest BCUT2D eigenvalue weighted by Crippen LogP contribution is -2.34. The van der Waals surface area contributed by atoms with E-state index in [0.717, 1.165) is 6.42 Å². The maximum atomic E-state index is 12.8. The van der Waals surface area contributed by atoms with Gasteiger partial charge >= 0.3 is 6.03 Å². The summed E-state index contributed by atoms with van der Waals surface area (Å²) in [5.41, 5.74) is 6.90. The molecular weight excluding hydrogens is 316 g/mol. The van der Waals surface area contributed by atoms with Crippen LogP contribution in [0.4, 0.5) is 10.5 Å². The first-order valence-electron chi connectivity index (χ1n) is 7.78. The second-order valence-electron chi connectivity index (χ2n) is 6.54. The predicted octanol–water partition coefficient (Wildman–Crippen LogP) is 1.68. The standard InChI is InChI=1S/C16H21ClN4O2/c1-16(9-18)4-6-20(10-16)14(22)12-8-11(2-3-13(12)17)21-7-5-19-15(21)23/h2-3,8H,4-7,9-10,18H2,1H3,(H,19,23). The molecule has 0 spiro atoms. The highest BCUT2D eigenvalue weighted by molar-refractivity contribution is 6.34. The van der Waals surface area contributed by atoms with E-state index in [-0.39, 0.29) is 17.4 Å². The summed E-state index contributed by atoms with van der Waals surface area (Å²) < 4.78 is 0. The first kappa shape index (κ1) is 16.1. The number of halogens is 1. The third-order valence-corrected chi connectivity index (χ3v) is 5.02. The molecule has 7 heteroatoms. The van der Waals surface area contributed by atoms with Gasteiger partial charge in [0, 0.05) is 31.9 Å². The van der Waals surface area contributed by atoms with Gasteiger partial charge in [0.05, 0.1) is 10.6 Å². The normalized spacial score (nSPS) is 24.2. The Hall–Kier alpha value is -1.79. The predicted molar refractivity (Wildman–Crippen MR) is 89.9 cm³/mol. The summed E-state index contributed by atoms with van der Waals surface area (Å²) in [7, 11) is 0. The topological polar surface area (TPSA) is 78.7 Å². The molecule has 3 rings (SSSR count). The smallest absolute Gasteiger partial charge is 0.321 e. The van der Waals surface area contributed by atoms with Gasteiger partial charge in [0.2, 0.25) is 0 Å². The Balaban J connectivity index is 1.84. The van der Waals surface area contributed by atoms with Crippen molar-refractivity contribution < 1.29 is 9.59 Å². The number of hydrogen-bond acceptors (Lipinski definition) is 3. The summed E-state index contributed by atoms with van der Waals surface area (Å²) in [6, 6.07) is 4.99. The Bertz CT molecular complexity index is 651. The van der Waals surface area contributed by atoms with Crippen molar-refractivity contribution in [3.05, 3.63) is 28.8 Å². The van der Waals surface area contributed by atoms with E-state index in [1.165, 1.54) is 0 Å². The lowest BCUT2D eigenvalue weighted by molar-refractivity contribution is 0.0777. The third kappa shape index (κ3) is 3.01. The number of amides is 3. The Morgan fingerprint density at radius 2 is 2.22 bits per heavy atom. The maximum Gasteiger partial charge on any atom is 0.321 e. The van der Waals surface area contributed by atoms with Gasteiger partial charge < -0.3 is 16.0 Å². The van der Waals surface area contributed by atoms with Gasteiger partial charge in [-0.25, -0.2) is 4.79 Å². The second-order valence-corrected chi connectivity index (χ2v) is 6.95. The fourth-order valence-electron chi connectivity index (χ4n) is 3.10. The van der Waals surface area contributed by atoms with Crippen LogP contribution < -0.4 is 16.0 Å². The molecule has 0 saturated carbocycles. The van der Waals surface area contributed by atoms with E-state index in [0.29, 0.717) is 49.0 Å². The van der Waals surface area contributed by atoms with Gasteiger partial charge in [-0.05, 0) is 36.6 Å². The van der Waals surface area contributed by atoms with Crippen molar-refractivity contribution in [2.75, 3.05) is 37.6 Å². The zero-order chi connectivity index (χ0) is 16.6. The summed E-state index contributed by atoms with van der Waals surface area (Å²) in [6.07, 6.45) is 0.890. The zero-order valence-electron chi connectivity index (χ0n) is 13.1. The molecule has 2 aliphatic rings. The zero-order valence-corrected chi connectivity index (χ0v) is 13.9. The highest BCUT2D eigenvalue weighted by Gasteiger charge is 2.36. The van der Waals surface area contributed by atoms with E-state index in [9.17, 15) is 9.59 Å². The molecule has 6 nitrogen and oxygen atoms in total. The average molecular weight is 337 g/mol. The molecule has 0 bridgehead atoms. The Labute approximate surface area is 140 Å². The second kappa shape index (κ2) is 6.02. The van der Waals surface area contributed by atoms with Crippen molar-refractivity contribution in [2.24, 2.45) is 11.1 Å². The van der Waals surface area contributed by atoms with Gasteiger partial charge in [0.1, 0.15) is 0 Å². The molecule has 1 atom stereocenters. The van der Waals surface area contributed by atoms with Crippen molar-refractivity contribution in [3.63, 3.8) is 0 Å². The first-order chi connectivity index (χ1) is 10.9. The quantitative estimate of drug-likeness (QED) is 0.881. The van der Waals surface area contributed by atoms with Gasteiger partial charge in [0.25, 0.3) is 5.91 Å². The van der Waals surface area contributed by atoms with E-state index in [4.69, 9.17) is 17.3 Å². The number of likely N-dealkylation sites (tertiary alicyclic amines) is 1. The molecule has 2 fully saturated rings. The molecule has 3 amide bonds. The van der Waals surface area contributed by atoms with Gasteiger partial charge in [-0.2, -0.15) is 0 Å². The molecule has 23 heavy (non-hydrogen) atoms. The van der Waals surface area contributed by atoms with Gasteiger partial charge in [-0.15, -0.1) is 0 Å². The maximum absolute atomic E-state index is 12.8. The van der Waals surface area contributed by atoms with Crippen LogP contribution in [0.5, 0.6) is 0 Å². The minimum absolute atomic E-state index is 0.0331. The molecular formula is C16H21ClN4O2. The van der Waals surface area contributed by atoms with Gasteiger partial charge in [0.15, 0.2) is 0 Å². The number of nitrogens with one attached hydrogen (secondary N) is 1. The number of anilines is 1. The highest BCUT2D eigenvalue weighted by atomic mass is 35.5. The highest BCUT2D eigenvalue weighted by Crippen LogP contribution is 2.32. The minimum Gasteiger partial charge on any atom is -0.338 e. The summed E-state index contributed by atoms with van der Waals surface area (Å²) in [5, 5.41) is 3.15. The number of rotatable bonds is 3. The number of carbonyl (C=O) groups excluding carboxylic acids is 2. The third-order valence-electron chi connectivity index (χ3n) is 4.69. The van der Waals surface area contributed by atoms with Crippen LogP contribution in [-0.2, 0) is 0 Å². The number of hydrogen-bond donors (Lipinski definition) is 2. The number of benzene rings is 1. The molecule has 3 N–H and O–H groups in total. The molecule has 1 aromatic carbocycles. The fraction of sp³-hybridized carbons (Fsp3) is 0.500. The number of urea groups is 1.